The molecule has 1 rings (SSSR count). The van der Waals surface area contributed by atoms with Gasteiger partial charge in [0.1, 0.15) is 11.5 Å². The molecule has 0 atom stereocenters. The molecule has 1 aliphatic heterocycles. The molecule has 0 radical (unpaired) electrons. The second kappa shape index (κ2) is 2.62. The monoisotopic (exact) mass is 167 g/mol. The lowest BCUT2D eigenvalue weighted by molar-refractivity contribution is -0.115. The molecule has 0 saturated carbocycles. The van der Waals surface area contributed by atoms with Crippen LogP contribution in [0.25, 0.3) is 0 Å². The third-order valence-corrected chi connectivity index (χ3v) is 1.49. The van der Waals surface area contributed by atoms with Crippen molar-refractivity contribution in [2.45, 2.75) is 20.8 Å². The summed E-state index contributed by atoms with van der Waals surface area (Å²) in [6, 6.07) is 0. The minimum atomic E-state index is -0.238. The van der Waals surface area contributed by atoms with Crippen LogP contribution in [0.4, 0.5) is 0 Å². The van der Waals surface area contributed by atoms with Crippen molar-refractivity contribution < 1.29 is 4.79 Å². The van der Waals surface area contributed by atoms with Crippen LogP contribution in [0.5, 0.6) is 0 Å². The molecule has 0 unspecified atom stereocenters. The van der Waals surface area contributed by atoms with Gasteiger partial charge >= 0.3 is 0 Å². The van der Waals surface area contributed by atoms with E-state index in [0.717, 1.165) is 0 Å². The van der Waals surface area contributed by atoms with Gasteiger partial charge in [0.25, 0.3) is 5.91 Å². The van der Waals surface area contributed by atoms with E-state index in [2.05, 4.69) is 22.4 Å². The van der Waals surface area contributed by atoms with Crippen molar-refractivity contribution in [2.75, 3.05) is 0 Å². The maximum atomic E-state index is 11.3. The zero-order chi connectivity index (χ0) is 9.35. The van der Waals surface area contributed by atoms with Gasteiger partial charge in [0.15, 0.2) is 0 Å². The maximum absolute atomic E-state index is 11.3. The normalized spacial score (nSPS) is 18.1. The Kier molecular flexibility index (Phi) is 1.92. The van der Waals surface area contributed by atoms with E-state index in [1.54, 1.807) is 0 Å². The van der Waals surface area contributed by atoms with Crippen molar-refractivity contribution >= 4 is 11.6 Å². The van der Waals surface area contributed by atoms with Crippen LogP contribution in [0.3, 0.4) is 0 Å². The SMILES string of the molecule is C=C1NN=C(C(C)(C)C)C(=O)N1. The number of carbonyl (C=O) groups excluding carboxylic acids is 1. The van der Waals surface area contributed by atoms with E-state index in [4.69, 9.17) is 0 Å². The van der Waals surface area contributed by atoms with Gasteiger partial charge in [-0.3, -0.25) is 10.2 Å². The zero-order valence-corrected chi connectivity index (χ0v) is 7.56. The Balaban J connectivity index is 2.92. The number of nitrogens with one attached hydrogen (secondary N) is 2. The van der Waals surface area contributed by atoms with Crippen LogP contribution in [-0.2, 0) is 4.79 Å². The Bertz CT molecular complexity index is 260. The van der Waals surface area contributed by atoms with E-state index in [1.165, 1.54) is 0 Å². The highest BCUT2D eigenvalue weighted by molar-refractivity contribution is 6.41. The summed E-state index contributed by atoms with van der Waals surface area (Å²) in [5, 5.41) is 6.48. The summed E-state index contributed by atoms with van der Waals surface area (Å²) in [6.07, 6.45) is 0. The van der Waals surface area contributed by atoms with E-state index in [-0.39, 0.29) is 11.3 Å². The summed E-state index contributed by atoms with van der Waals surface area (Å²) >= 11 is 0. The molecule has 4 heteroatoms. The second-order valence-electron chi connectivity index (χ2n) is 3.75. The third-order valence-electron chi connectivity index (χ3n) is 1.49. The number of rotatable bonds is 0. The molecular weight excluding hydrogens is 154 g/mol. The third kappa shape index (κ3) is 1.64. The number of hydrogen-bond donors (Lipinski definition) is 2. The summed E-state index contributed by atoms with van der Waals surface area (Å²) in [7, 11) is 0. The first-order valence-corrected chi connectivity index (χ1v) is 3.75. The highest BCUT2D eigenvalue weighted by Gasteiger charge is 2.28. The van der Waals surface area contributed by atoms with E-state index in [0.29, 0.717) is 11.5 Å². The van der Waals surface area contributed by atoms with Gasteiger partial charge in [-0.25, -0.2) is 0 Å². The van der Waals surface area contributed by atoms with Gasteiger partial charge in [-0.15, -0.1) is 0 Å². The number of nitrogens with zero attached hydrogens (tertiary/aromatic N) is 1. The Hall–Kier alpha value is -1.32. The first kappa shape index (κ1) is 8.77. The predicted molar refractivity (Wildman–Crippen MR) is 47.3 cm³/mol. The minimum absolute atomic E-state index is 0.175. The van der Waals surface area contributed by atoms with Crippen LogP contribution < -0.4 is 10.7 Å². The molecule has 0 aliphatic carbocycles. The number of hydrazone groups is 1. The number of carbonyl (C=O) groups is 1. The van der Waals surface area contributed by atoms with Crippen molar-refractivity contribution in [1.29, 1.82) is 0 Å². The van der Waals surface area contributed by atoms with Crippen LogP contribution in [0.2, 0.25) is 0 Å². The Morgan fingerprint density at radius 1 is 1.42 bits per heavy atom. The minimum Gasteiger partial charge on any atom is -0.306 e. The summed E-state index contributed by atoms with van der Waals surface area (Å²) < 4.78 is 0. The average molecular weight is 167 g/mol. The lowest BCUT2D eigenvalue weighted by atomic mass is 9.89. The molecule has 1 heterocycles. The molecule has 1 aliphatic rings. The van der Waals surface area contributed by atoms with E-state index in [1.807, 2.05) is 20.8 Å². The van der Waals surface area contributed by atoms with Gasteiger partial charge in [0.05, 0.1) is 0 Å². The van der Waals surface area contributed by atoms with Crippen LogP contribution in [-0.4, -0.2) is 11.6 Å². The highest BCUT2D eigenvalue weighted by atomic mass is 16.2. The van der Waals surface area contributed by atoms with Gasteiger partial charge < -0.3 is 5.32 Å². The van der Waals surface area contributed by atoms with Gasteiger partial charge in [0.2, 0.25) is 0 Å². The van der Waals surface area contributed by atoms with Crippen molar-refractivity contribution in [3.63, 3.8) is 0 Å². The molecule has 2 N–H and O–H groups in total. The Morgan fingerprint density at radius 2 is 2.00 bits per heavy atom. The molecule has 66 valence electrons. The van der Waals surface area contributed by atoms with Gasteiger partial charge in [-0.2, -0.15) is 5.10 Å². The maximum Gasteiger partial charge on any atom is 0.273 e. The highest BCUT2D eigenvalue weighted by Crippen LogP contribution is 2.17. The number of hydrogen-bond acceptors (Lipinski definition) is 3. The smallest absolute Gasteiger partial charge is 0.273 e. The van der Waals surface area contributed by atoms with Gasteiger partial charge in [-0.1, -0.05) is 27.4 Å². The Morgan fingerprint density at radius 3 is 2.42 bits per heavy atom. The molecule has 0 aromatic heterocycles. The summed E-state index contributed by atoms with van der Waals surface area (Å²) in [5.74, 6) is 0.249. The fourth-order valence-electron chi connectivity index (χ4n) is 0.907. The summed E-state index contributed by atoms with van der Waals surface area (Å²) in [6.45, 7) is 9.33. The molecule has 4 nitrogen and oxygen atoms in total. The van der Waals surface area contributed by atoms with Crippen LogP contribution in [0, 0.1) is 5.41 Å². The van der Waals surface area contributed by atoms with Crippen molar-refractivity contribution in [2.24, 2.45) is 10.5 Å². The van der Waals surface area contributed by atoms with Crippen LogP contribution >= 0.6 is 0 Å². The molecule has 0 spiro atoms. The topological polar surface area (TPSA) is 53.5 Å². The zero-order valence-electron chi connectivity index (χ0n) is 7.56. The molecule has 0 fully saturated rings. The van der Waals surface area contributed by atoms with Gasteiger partial charge in [0, 0.05) is 5.41 Å². The lowest BCUT2D eigenvalue weighted by Crippen LogP contribution is -2.45. The first-order valence-electron chi connectivity index (χ1n) is 3.75. The van der Waals surface area contributed by atoms with Gasteiger partial charge in [-0.05, 0) is 0 Å². The van der Waals surface area contributed by atoms with E-state index >= 15 is 0 Å². The molecule has 0 bridgehead atoms. The predicted octanol–water partition coefficient (Wildman–Crippen LogP) is 0.579. The molecular formula is C8H13N3O. The lowest BCUT2D eigenvalue weighted by Gasteiger charge is -2.24. The molecule has 0 saturated heterocycles. The quantitative estimate of drug-likeness (QED) is 0.554. The van der Waals surface area contributed by atoms with E-state index in [9.17, 15) is 4.79 Å². The fraction of sp³-hybridized carbons (Fsp3) is 0.500. The van der Waals surface area contributed by atoms with Crippen molar-refractivity contribution in [3.8, 4) is 0 Å². The van der Waals surface area contributed by atoms with E-state index < -0.39 is 0 Å². The number of amides is 1. The molecule has 12 heavy (non-hydrogen) atoms. The van der Waals surface area contributed by atoms with Crippen molar-refractivity contribution in [1.82, 2.24) is 10.7 Å². The van der Waals surface area contributed by atoms with Crippen LogP contribution in [0.15, 0.2) is 17.5 Å². The molecule has 0 aromatic carbocycles. The standard InChI is InChI=1S/C8H13N3O/c1-5-9-7(12)6(11-10-5)8(2,3)4/h10H,1H2,2-4H3,(H,9,12). The molecule has 1 amide bonds. The fourth-order valence-corrected chi connectivity index (χ4v) is 0.907. The molecule has 0 aromatic rings. The van der Waals surface area contributed by atoms with Crippen LogP contribution in [0.1, 0.15) is 20.8 Å². The largest absolute Gasteiger partial charge is 0.306 e. The first-order chi connectivity index (χ1) is 5.41. The second-order valence-corrected chi connectivity index (χ2v) is 3.75. The van der Waals surface area contributed by atoms with Crippen molar-refractivity contribution in [3.05, 3.63) is 12.4 Å². The summed E-state index contributed by atoms with van der Waals surface area (Å²) in [4.78, 5) is 11.3. The average Bonchev–Trinajstić information content (AvgIpc) is 1.83. The summed E-state index contributed by atoms with van der Waals surface area (Å²) in [5.41, 5.74) is 2.89. The Labute approximate surface area is 71.7 Å².